The number of nitrogens with one attached hydrogen (secondary N) is 2. The molecular formula is C9H19N3O. The van der Waals surface area contributed by atoms with Gasteiger partial charge in [0.05, 0.1) is 6.54 Å². The molecule has 0 radical (unpaired) electrons. The van der Waals surface area contributed by atoms with Crippen molar-refractivity contribution in [3.63, 3.8) is 0 Å². The Balaban J connectivity index is 2.13. The Morgan fingerprint density at radius 3 is 2.92 bits per heavy atom. The third-order valence-electron chi connectivity index (χ3n) is 2.29. The second-order valence-corrected chi connectivity index (χ2v) is 3.60. The topological polar surface area (TPSA) is 44.4 Å². The summed E-state index contributed by atoms with van der Waals surface area (Å²) in [6.45, 7) is 5.36. The maximum absolute atomic E-state index is 11.3. The molecule has 0 bridgehead atoms. The molecule has 76 valence electrons. The number of rotatable bonds is 4. The molecule has 13 heavy (non-hydrogen) atoms. The molecule has 0 spiro atoms. The van der Waals surface area contributed by atoms with Crippen LogP contribution in [0, 0.1) is 0 Å². The van der Waals surface area contributed by atoms with E-state index in [1.165, 1.54) is 0 Å². The molecule has 1 aliphatic heterocycles. The van der Waals surface area contributed by atoms with Crippen LogP contribution in [0.3, 0.4) is 0 Å². The van der Waals surface area contributed by atoms with E-state index in [0.717, 1.165) is 26.1 Å². The minimum Gasteiger partial charge on any atom is -0.351 e. The molecule has 1 saturated heterocycles. The second kappa shape index (κ2) is 5.19. The summed E-state index contributed by atoms with van der Waals surface area (Å²) >= 11 is 0. The predicted octanol–water partition coefficient (Wildman–Crippen LogP) is -0.584. The first-order chi connectivity index (χ1) is 6.22. The van der Waals surface area contributed by atoms with Crippen LogP contribution in [-0.4, -0.2) is 50.1 Å². The van der Waals surface area contributed by atoms with E-state index in [4.69, 9.17) is 0 Å². The van der Waals surface area contributed by atoms with Crippen LogP contribution in [0.15, 0.2) is 0 Å². The molecule has 0 aromatic carbocycles. The Morgan fingerprint density at radius 1 is 1.62 bits per heavy atom. The van der Waals surface area contributed by atoms with E-state index >= 15 is 0 Å². The zero-order valence-electron chi connectivity index (χ0n) is 8.47. The van der Waals surface area contributed by atoms with Crippen LogP contribution in [0.2, 0.25) is 0 Å². The van der Waals surface area contributed by atoms with Gasteiger partial charge in [0.15, 0.2) is 0 Å². The van der Waals surface area contributed by atoms with Crippen molar-refractivity contribution in [3.8, 4) is 0 Å². The van der Waals surface area contributed by atoms with Gasteiger partial charge in [-0.2, -0.15) is 0 Å². The molecule has 1 fully saturated rings. The van der Waals surface area contributed by atoms with E-state index < -0.39 is 0 Å². The van der Waals surface area contributed by atoms with Crippen molar-refractivity contribution in [1.29, 1.82) is 0 Å². The van der Waals surface area contributed by atoms with Gasteiger partial charge in [0.1, 0.15) is 0 Å². The summed E-state index contributed by atoms with van der Waals surface area (Å²) in [5.74, 6) is 0.113. The fourth-order valence-corrected chi connectivity index (χ4v) is 1.57. The Morgan fingerprint density at radius 2 is 2.38 bits per heavy atom. The third-order valence-corrected chi connectivity index (χ3v) is 2.29. The van der Waals surface area contributed by atoms with E-state index in [1.54, 1.807) is 0 Å². The highest BCUT2D eigenvalue weighted by Crippen LogP contribution is 2.05. The Bertz CT molecular complexity index is 172. The monoisotopic (exact) mass is 185 g/mol. The summed E-state index contributed by atoms with van der Waals surface area (Å²) < 4.78 is 0. The molecule has 1 amide bonds. The summed E-state index contributed by atoms with van der Waals surface area (Å²) in [6, 6.07) is 0.358. The van der Waals surface area contributed by atoms with Gasteiger partial charge in [-0.05, 0) is 26.6 Å². The lowest BCUT2D eigenvalue weighted by molar-refractivity contribution is -0.120. The van der Waals surface area contributed by atoms with Gasteiger partial charge in [0.25, 0.3) is 0 Å². The smallest absolute Gasteiger partial charge is 0.234 e. The first kappa shape index (κ1) is 10.5. The molecule has 0 aromatic heterocycles. The lowest BCUT2D eigenvalue weighted by Gasteiger charge is -2.12. The standard InChI is InChI=1S/C9H19N3O/c1-3-10-6-9(13)11-8-4-5-12(2)7-8/h8,10H,3-7H2,1-2H3,(H,11,13)/t8-/m0/s1. The fourth-order valence-electron chi connectivity index (χ4n) is 1.57. The molecule has 1 heterocycles. The summed E-state index contributed by atoms with van der Waals surface area (Å²) in [5, 5.41) is 6.01. The molecule has 0 aromatic rings. The first-order valence-electron chi connectivity index (χ1n) is 4.91. The highest BCUT2D eigenvalue weighted by molar-refractivity contribution is 5.78. The molecule has 0 aliphatic carbocycles. The van der Waals surface area contributed by atoms with Crippen molar-refractivity contribution in [2.75, 3.05) is 33.2 Å². The summed E-state index contributed by atoms with van der Waals surface area (Å²) in [7, 11) is 2.08. The summed E-state index contributed by atoms with van der Waals surface area (Å²) in [6.07, 6.45) is 1.08. The van der Waals surface area contributed by atoms with E-state index in [0.29, 0.717) is 12.6 Å². The maximum atomic E-state index is 11.3. The van der Waals surface area contributed by atoms with Gasteiger partial charge < -0.3 is 15.5 Å². The van der Waals surface area contributed by atoms with Crippen LogP contribution in [0.25, 0.3) is 0 Å². The number of likely N-dealkylation sites (N-methyl/N-ethyl adjacent to an activating group) is 2. The molecule has 1 atom stereocenters. The highest BCUT2D eigenvalue weighted by Gasteiger charge is 2.20. The second-order valence-electron chi connectivity index (χ2n) is 3.60. The van der Waals surface area contributed by atoms with Crippen molar-refractivity contribution in [2.45, 2.75) is 19.4 Å². The number of hydrogen-bond donors (Lipinski definition) is 2. The van der Waals surface area contributed by atoms with Gasteiger partial charge >= 0.3 is 0 Å². The van der Waals surface area contributed by atoms with Crippen LogP contribution in [0.5, 0.6) is 0 Å². The van der Waals surface area contributed by atoms with Gasteiger partial charge in [-0.15, -0.1) is 0 Å². The molecule has 4 nitrogen and oxygen atoms in total. The number of amides is 1. The van der Waals surface area contributed by atoms with Crippen LogP contribution in [0.1, 0.15) is 13.3 Å². The van der Waals surface area contributed by atoms with Gasteiger partial charge in [-0.3, -0.25) is 4.79 Å². The van der Waals surface area contributed by atoms with Gasteiger partial charge in [-0.1, -0.05) is 6.92 Å². The van der Waals surface area contributed by atoms with Crippen molar-refractivity contribution < 1.29 is 4.79 Å². The SMILES string of the molecule is CCNCC(=O)N[C@H]1CCN(C)C1. The third kappa shape index (κ3) is 3.74. The lowest BCUT2D eigenvalue weighted by Crippen LogP contribution is -2.41. The highest BCUT2D eigenvalue weighted by atomic mass is 16.2. The number of hydrogen-bond acceptors (Lipinski definition) is 3. The Kier molecular flexibility index (Phi) is 4.18. The zero-order valence-corrected chi connectivity index (χ0v) is 8.47. The summed E-state index contributed by atoms with van der Waals surface area (Å²) in [5.41, 5.74) is 0. The quantitative estimate of drug-likeness (QED) is 0.615. The van der Waals surface area contributed by atoms with Crippen LogP contribution < -0.4 is 10.6 Å². The molecule has 2 N–H and O–H groups in total. The van der Waals surface area contributed by atoms with Crippen molar-refractivity contribution in [3.05, 3.63) is 0 Å². The minimum atomic E-state index is 0.113. The number of carbonyl (C=O) groups is 1. The molecule has 0 saturated carbocycles. The average Bonchev–Trinajstić information content (AvgIpc) is 2.48. The Hall–Kier alpha value is -0.610. The average molecular weight is 185 g/mol. The van der Waals surface area contributed by atoms with Crippen molar-refractivity contribution >= 4 is 5.91 Å². The maximum Gasteiger partial charge on any atom is 0.234 e. The van der Waals surface area contributed by atoms with E-state index in [1.807, 2.05) is 6.92 Å². The van der Waals surface area contributed by atoms with Gasteiger partial charge in [-0.25, -0.2) is 0 Å². The number of likely N-dealkylation sites (tertiary alicyclic amines) is 1. The van der Waals surface area contributed by atoms with Crippen molar-refractivity contribution in [1.82, 2.24) is 15.5 Å². The minimum absolute atomic E-state index is 0.113. The van der Waals surface area contributed by atoms with Crippen molar-refractivity contribution in [2.24, 2.45) is 0 Å². The molecule has 1 rings (SSSR count). The Labute approximate surface area is 79.7 Å². The lowest BCUT2D eigenvalue weighted by atomic mass is 10.2. The fraction of sp³-hybridized carbons (Fsp3) is 0.889. The summed E-state index contributed by atoms with van der Waals surface area (Å²) in [4.78, 5) is 13.5. The van der Waals surface area contributed by atoms with Crippen LogP contribution in [-0.2, 0) is 4.79 Å². The number of nitrogens with zero attached hydrogens (tertiary/aromatic N) is 1. The van der Waals surface area contributed by atoms with E-state index in [2.05, 4.69) is 22.6 Å². The van der Waals surface area contributed by atoms with Gasteiger partial charge in [0.2, 0.25) is 5.91 Å². The van der Waals surface area contributed by atoms with Crippen LogP contribution in [0.4, 0.5) is 0 Å². The van der Waals surface area contributed by atoms with E-state index in [9.17, 15) is 4.79 Å². The molecule has 1 aliphatic rings. The molecular weight excluding hydrogens is 166 g/mol. The number of carbonyl (C=O) groups excluding carboxylic acids is 1. The van der Waals surface area contributed by atoms with Gasteiger partial charge in [0, 0.05) is 12.6 Å². The van der Waals surface area contributed by atoms with Crippen LogP contribution >= 0.6 is 0 Å². The molecule has 0 unspecified atom stereocenters. The largest absolute Gasteiger partial charge is 0.351 e. The predicted molar refractivity (Wildman–Crippen MR) is 52.6 cm³/mol. The normalized spacial score (nSPS) is 23.4. The first-order valence-corrected chi connectivity index (χ1v) is 4.91. The zero-order chi connectivity index (χ0) is 9.68. The van der Waals surface area contributed by atoms with E-state index in [-0.39, 0.29) is 5.91 Å². The molecule has 4 heteroatoms.